The van der Waals surface area contributed by atoms with Crippen LogP contribution in [-0.4, -0.2) is 0 Å². The van der Waals surface area contributed by atoms with Gasteiger partial charge in [-0.2, -0.15) is 13.2 Å². The molecule has 0 saturated heterocycles. The summed E-state index contributed by atoms with van der Waals surface area (Å²) in [6.45, 7) is 1.75. The van der Waals surface area contributed by atoms with Crippen molar-refractivity contribution in [1.82, 2.24) is 0 Å². The molecule has 1 nitrogen and oxygen atoms in total. The minimum atomic E-state index is -4.67. The maximum atomic E-state index is 12.9. The third-order valence-corrected chi connectivity index (χ3v) is 2.16. The van der Waals surface area contributed by atoms with E-state index < -0.39 is 23.6 Å². The van der Waals surface area contributed by atoms with Crippen LogP contribution >= 0.6 is 12.4 Å². The smallest absolute Gasteiger partial charge is 0.324 e. The number of alkyl halides is 3. The highest BCUT2D eigenvalue weighted by molar-refractivity contribution is 5.85. The van der Waals surface area contributed by atoms with Crippen molar-refractivity contribution in [2.75, 3.05) is 0 Å². The van der Waals surface area contributed by atoms with Gasteiger partial charge in [0.05, 0.1) is 5.56 Å². The molecule has 0 heterocycles. The molecule has 0 amide bonds. The van der Waals surface area contributed by atoms with Gasteiger partial charge in [-0.1, -0.05) is 13.0 Å². The minimum Gasteiger partial charge on any atom is -0.324 e. The van der Waals surface area contributed by atoms with E-state index in [2.05, 4.69) is 0 Å². The Morgan fingerprint density at radius 3 is 2.31 bits per heavy atom. The van der Waals surface area contributed by atoms with Gasteiger partial charge in [0, 0.05) is 6.04 Å². The lowest BCUT2D eigenvalue weighted by molar-refractivity contribution is -0.140. The number of hydrogen-bond acceptors (Lipinski definition) is 1. The summed E-state index contributed by atoms with van der Waals surface area (Å²) >= 11 is 0. The van der Waals surface area contributed by atoms with E-state index in [0.29, 0.717) is 12.0 Å². The quantitative estimate of drug-likeness (QED) is 0.804. The summed E-state index contributed by atoms with van der Waals surface area (Å²) in [6.07, 6.45) is -4.17. The molecule has 92 valence electrons. The molecule has 0 aliphatic heterocycles. The molecular formula is C10H12ClF4N. The van der Waals surface area contributed by atoms with Crippen LogP contribution in [0.2, 0.25) is 0 Å². The van der Waals surface area contributed by atoms with Crippen molar-refractivity contribution < 1.29 is 17.6 Å². The number of hydrogen-bond donors (Lipinski definition) is 1. The summed E-state index contributed by atoms with van der Waals surface area (Å²) in [5.74, 6) is -1.27. The van der Waals surface area contributed by atoms with E-state index in [9.17, 15) is 17.6 Å². The maximum absolute atomic E-state index is 12.9. The van der Waals surface area contributed by atoms with Gasteiger partial charge in [-0.05, 0) is 24.1 Å². The highest BCUT2D eigenvalue weighted by Gasteiger charge is 2.34. The van der Waals surface area contributed by atoms with Gasteiger partial charge in [0.1, 0.15) is 5.82 Å². The van der Waals surface area contributed by atoms with Gasteiger partial charge in [0.25, 0.3) is 0 Å². The van der Waals surface area contributed by atoms with E-state index in [1.165, 1.54) is 6.07 Å². The van der Waals surface area contributed by atoms with Crippen LogP contribution in [0.3, 0.4) is 0 Å². The monoisotopic (exact) mass is 257 g/mol. The molecule has 0 spiro atoms. The molecule has 1 aromatic rings. The molecule has 0 aromatic heterocycles. The minimum absolute atomic E-state index is 0. The van der Waals surface area contributed by atoms with E-state index in [1.807, 2.05) is 0 Å². The first-order valence-electron chi connectivity index (χ1n) is 4.48. The van der Waals surface area contributed by atoms with Crippen LogP contribution in [0.15, 0.2) is 18.2 Å². The van der Waals surface area contributed by atoms with Crippen molar-refractivity contribution in [3.63, 3.8) is 0 Å². The van der Waals surface area contributed by atoms with Gasteiger partial charge < -0.3 is 5.73 Å². The molecule has 0 bridgehead atoms. The lowest BCUT2D eigenvalue weighted by atomic mass is 10.0. The molecule has 1 atom stereocenters. The molecule has 16 heavy (non-hydrogen) atoms. The van der Waals surface area contributed by atoms with Crippen molar-refractivity contribution in [2.45, 2.75) is 25.6 Å². The molecule has 1 aromatic carbocycles. The second-order valence-electron chi connectivity index (χ2n) is 3.25. The Hall–Kier alpha value is -0.810. The standard InChI is InChI=1S/C10H11F4N.ClH/c1-2-9(15)6-3-4-8(11)7(5-6)10(12,13)14;/h3-5,9H,2,15H2,1H3;1H/t9-;/m0./s1. The van der Waals surface area contributed by atoms with Crippen LogP contribution in [-0.2, 0) is 6.18 Å². The molecule has 0 aliphatic rings. The Bertz CT molecular complexity index is 351. The third-order valence-electron chi connectivity index (χ3n) is 2.16. The van der Waals surface area contributed by atoms with Crippen LogP contribution in [0.1, 0.15) is 30.5 Å². The molecule has 0 fully saturated rings. The maximum Gasteiger partial charge on any atom is 0.419 e. The predicted octanol–water partition coefficient (Wildman–Crippen LogP) is 3.68. The molecule has 6 heteroatoms. The third kappa shape index (κ3) is 3.35. The number of rotatable bonds is 2. The van der Waals surface area contributed by atoms with Gasteiger partial charge in [0.2, 0.25) is 0 Å². The van der Waals surface area contributed by atoms with Crippen molar-refractivity contribution in [3.05, 3.63) is 35.1 Å². The Labute approximate surface area is 97.0 Å². The predicted molar refractivity (Wildman–Crippen MR) is 55.9 cm³/mol. The van der Waals surface area contributed by atoms with E-state index in [0.717, 1.165) is 12.1 Å². The normalized spacial score (nSPS) is 13.1. The highest BCUT2D eigenvalue weighted by atomic mass is 35.5. The van der Waals surface area contributed by atoms with E-state index in [4.69, 9.17) is 5.73 Å². The molecule has 0 radical (unpaired) electrons. The second-order valence-corrected chi connectivity index (χ2v) is 3.25. The molecule has 1 rings (SSSR count). The first-order valence-corrected chi connectivity index (χ1v) is 4.48. The highest BCUT2D eigenvalue weighted by Crippen LogP contribution is 2.32. The summed E-state index contributed by atoms with van der Waals surface area (Å²) in [5.41, 5.74) is 4.60. The average molecular weight is 258 g/mol. The fraction of sp³-hybridized carbons (Fsp3) is 0.400. The summed E-state index contributed by atoms with van der Waals surface area (Å²) in [7, 11) is 0. The van der Waals surface area contributed by atoms with Crippen LogP contribution in [0.25, 0.3) is 0 Å². The van der Waals surface area contributed by atoms with Crippen molar-refractivity contribution >= 4 is 12.4 Å². The zero-order chi connectivity index (χ0) is 11.6. The first kappa shape index (κ1) is 15.2. The van der Waals surface area contributed by atoms with Crippen LogP contribution in [0.5, 0.6) is 0 Å². The summed E-state index contributed by atoms with van der Waals surface area (Å²) in [4.78, 5) is 0. The zero-order valence-electron chi connectivity index (χ0n) is 8.51. The average Bonchev–Trinajstić information content (AvgIpc) is 2.15. The molecule has 2 N–H and O–H groups in total. The lowest BCUT2D eigenvalue weighted by Gasteiger charge is -2.13. The Morgan fingerprint density at radius 2 is 1.88 bits per heavy atom. The fourth-order valence-electron chi connectivity index (χ4n) is 1.23. The fourth-order valence-corrected chi connectivity index (χ4v) is 1.23. The van der Waals surface area contributed by atoms with Crippen molar-refractivity contribution in [2.24, 2.45) is 5.73 Å². The number of benzene rings is 1. The summed E-state index contributed by atoms with van der Waals surface area (Å²) in [5, 5.41) is 0. The van der Waals surface area contributed by atoms with Crippen LogP contribution in [0.4, 0.5) is 17.6 Å². The SMILES string of the molecule is CC[C@H](N)c1ccc(F)c(C(F)(F)F)c1.Cl. The van der Waals surface area contributed by atoms with Crippen molar-refractivity contribution in [3.8, 4) is 0 Å². The van der Waals surface area contributed by atoms with Gasteiger partial charge in [-0.25, -0.2) is 4.39 Å². The van der Waals surface area contributed by atoms with E-state index in [-0.39, 0.29) is 12.4 Å². The van der Waals surface area contributed by atoms with E-state index in [1.54, 1.807) is 6.92 Å². The topological polar surface area (TPSA) is 26.0 Å². The number of nitrogens with two attached hydrogens (primary N) is 1. The van der Waals surface area contributed by atoms with Crippen LogP contribution < -0.4 is 5.73 Å². The zero-order valence-corrected chi connectivity index (χ0v) is 9.33. The van der Waals surface area contributed by atoms with E-state index >= 15 is 0 Å². The molecule has 0 aliphatic carbocycles. The summed E-state index contributed by atoms with van der Waals surface area (Å²) in [6, 6.07) is 2.35. The lowest BCUT2D eigenvalue weighted by Crippen LogP contribution is -2.13. The van der Waals surface area contributed by atoms with Gasteiger partial charge in [-0.15, -0.1) is 12.4 Å². The van der Waals surface area contributed by atoms with Gasteiger partial charge in [-0.3, -0.25) is 0 Å². The molecule has 0 unspecified atom stereocenters. The summed E-state index contributed by atoms with van der Waals surface area (Å²) < 4.78 is 49.8. The first-order chi connectivity index (χ1) is 6.86. The Kier molecular flexibility index (Phi) is 5.22. The molecular weight excluding hydrogens is 246 g/mol. The van der Waals surface area contributed by atoms with Crippen LogP contribution in [0, 0.1) is 5.82 Å². The van der Waals surface area contributed by atoms with Gasteiger partial charge in [0.15, 0.2) is 0 Å². The molecule has 0 saturated carbocycles. The van der Waals surface area contributed by atoms with Crippen molar-refractivity contribution in [1.29, 1.82) is 0 Å². The largest absolute Gasteiger partial charge is 0.419 e. The number of halogens is 5. The second kappa shape index (κ2) is 5.50. The Morgan fingerprint density at radius 1 is 1.31 bits per heavy atom. The van der Waals surface area contributed by atoms with Gasteiger partial charge >= 0.3 is 6.18 Å². The Balaban J connectivity index is 0.00000225.